The van der Waals surface area contributed by atoms with Crippen molar-refractivity contribution < 1.29 is 9.90 Å². The topological polar surface area (TPSA) is 107 Å². The number of amides is 1. The average Bonchev–Trinajstić information content (AvgIpc) is 2.90. The lowest BCUT2D eigenvalue weighted by Gasteiger charge is -2.09. The number of hydrogen-bond acceptors (Lipinski definition) is 5. The van der Waals surface area contributed by atoms with Gasteiger partial charge in [0.1, 0.15) is 12.1 Å². The van der Waals surface area contributed by atoms with Crippen molar-refractivity contribution in [1.29, 1.82) is 0 Å². The summed E-state index contributed by atoms with van der Waals surface area (Å²) < 4.78 is 1.87. The Bertz CT molecular complexity index is 845. The zero-order valence-corrected chi connectivity index (χ0v) is 13.0. The molecule has 0 unspecified atom stereocenters. The van der Waals surface area contributed by atoms with E-state index in [-0.39, 0.29) is 12.2 Å². The standard InChI is InChI=1S/C17H17N5O2/c18-17(24)6-16-15(5-13-7-19-10-20-8-13)21-11-22(16)9-12-2-1-3-14(23)4-12/h1-4,7-8,10-11,23H,5-6,9H2,(H2,18,24). The van der Waals surface area contributed by atoms with Crippen molar-refractivity contribution in [3.05, 3.63) is 71.8 Å². The van der Waals surface area contributed by atoms with E-state index < -0.39 is 5.91 Å². The number of primary amides is 1. The predicted molar refractivity (Wildman–Crippen MR) is 87.2 cm³/mol. The van der Waals surface area contributed by atoms with E-state index in [9.17, 15) is 9.90 Å². The smallest absolute Gasteiger partial charge is 0.223 e. The van der Waals surface area contributed by atoms with Gasteiger partial charge in [0, 0.05) is 25.4 Å². The first kappa shape index (κ1) is 15.7. The van der Waals surface area contributed by atoms with Gasteiger partial charge in [-0.3, -0.25) is 4.79 Å². The van der Waals surface area contributed by atoms with Crippen molar-refractivity contribution in [2.24, 2.45) is 5.73 Å². The quantitative estimate of drug-likeness (QED) is 0.705. The highest BCUT2D eigenvalue weighted by Gasteiger charge is 2.14. The van der Waals surface area contributed by atoms with Gasteiger partial charge >= 0.3 is 0 Å². The van der Waals surface area contributed by atoms with E-state index in [4.69, 9.17) is 5.73 Å². The summed E-state index contributed by atoms with van der Waals surface area (Å²) in [5, 5.41) is 9.59. The van der Waals surface area contributed by atoms with Gasteiger partial charge in [-0.05, 0) is 23.3 Å². The van der Waals surface area contributed by atoms with Crippen molar-refractivity contribution in [3.63, 3.8) is 0 Å². The van der Waals surface area contributed by atoms with Gasteiger partial charge in [-0.1, -0.05) is 12.1 Å². The maximum atomic E-state index is 11.4. The van der Waals surface area contributed by atoms with Crippen LogP contribution in [0.3, 0.4) is 0 Å². The summed E-state index contributed by atoms with van der Waals surface area (Å²) in [7, 11) is 0. The van der Waals surface area contributed by atoms with E-state index in [0.29, 0.717) is 13.0 Å². The maximum absolute atomic E-state index is 11.4. The zero-order valence-electron chi connectivity index (χ0n) is 13.0. The molecule has 0 radical (unpaired) electrons. The Labute approximate surface area is 138 Å². The van der Waals surface area contributed by atoms with Crippen LogP contribution in [0.2, 0.25) is 0 Å². The molecule has 0 aliphatic carbocycles. The molecule has 0 aliphatic rings. The lowest BCUT2D eigenvalue weighted by molar-refractivity contribution is -0.117. The number of imidazole rings is 1. The fourth-order valence-electron chi connectivity index (χ4n) is 2.57. The molecule has 0 atom stereocenters. The van der Waals surface area contributed by atoms with Crippen LogP contribution >= 0.6 is 0 Å². The number of hydrogen-bond donors (Lipinski definition) is 2. The molecule has 2 heterocycles. The van der Waals surface area contributed by atoms with Crippen LogP contribution < -0.4 is 5.73 Å². The molecule has 1 amide bonds. The summed E-state index contributed by atoms with van der Waals surface area (Å²) in [5.74, 6) is -0.219. The third kappa shape index (κ3) is 3.75. The van der Waals surface area contributed by atoms with Crippen LogP contribution in [0, 0.1) is 0 Å². The van der Waals surface area contributed by atoms with Gasteiger partial charge in [-0.2, -0.15) is 0 Å². The summed E-state index contributed by atoms with van der Waals surface area (Å²) in [5.41, 5.74) is 8.73. The minimum absolute atomic E-state index is 0.0990. The predicted octanol–water partition coefficient (Wildman–Crippen LogP) is 1.05. The number of benzene rings is 1. The molecule has 122 valence electrons. The minimum Gasteiger partial charge on any atom is -0.508 e. The molecule has 0 spiro atoms. The van der Waals surface area contributed by atoms with E-state index in [2.05, 4.69) is 15.0 Å². The number of rotatable bonds is 6. The number of aromatic nitrogens is 4. The molecule has 2 aromatic heterocycles. The van der Waals surface area contributed by atoms with E-state index in [1.54, 1.807) is 36.9 Å². The fourth-order valence-corrected chi connectivity index (χ4v) is 2.57. The number of aromatic hydroxyl groups is 1. The lowest BCUT2D eigenvalue weighted by atomic mass is 10.1. The molecule has 0 aliphatic heterocycles. The number of phenols is 1. The van der Waals surface area contributed by atoms with E-state index in [1.807, 2.05) is 10.6 Å². The van der Waals surface area contributed by atoms with E-state index in [1.165, 1.54) is 6.33 Å². The molecule has 7 nitrogen and oxygen atoms in total. The van der Waals surface area contributed by atoms with Crippen LogP contribution in [-0.2, 0) is 24.2 Å². The molecule has 0 saturated carbocycles. The first-order chi connectivity index (χ1) is 11.6. The first-order valence-corrected chi connectivity index (χ1v) is 7.45. The molecule has 1 aromatic carbocycles. The molecule has 3 rings (SSSR count). The largest absolute Gasteiger partial charge is 0.508 e. The molecule has 0 fully saturated rings. The Hall–Kier alpha value is -3.22. The zero-order chi connectivity index (χ0) is 16.9. The molecular weight excluding hydrogens is 306 g/mol. The summed E-state index contributed by atoms with van der Waals surface area (Å²) >= 11 is 0. The number of nitrogens with two attached hydrogens (primary N) is 1. The SMILES string of the molecule is NC(=O)Cc1c(Cc2cncnc2)ncn1Cc1cccc(O)c1. The van der Waals surface area contributed by atoms with Gasteiger partial charge in [-0.15, -0.1) is 0 Å². The highest BCUT2D eigenvalue weighted by atomic mass is 16.3. The molecule has 7 heteroatoms. The van der Waals surface area contributed by atoms with E-state index >= 15 is 0 Å². The van der Waals surface area contributed by atoms with Gasteiger partial charge < -0.3 is 15.4 Å². The van der Waals surface area contributed by atoms with Crippen LogP contribution in [0.5, 0.6) is 5.75 Å². The second kappa shape index (κ2) is 6.91. The second-order valence-corrected chi connectivity index (χ2v) is 5.50. The molecule has 3 N–H and O–H groups in total. The number of phenolic OH excluding ortho intramolecular Hbond substituents is 1. The van der Waals surface area contributed by atoms with Crippen LogP contribution in [0.4, 0.5) is 0 Å². The van der Waals surface area contributed by atoms with E-state index in [0.717, 1.165) is 22.5 Å². The Balaban J connectivity index is 1.90. The van der Waals surface area contributed by atoms with Crippen LogP contribution in [-0.4, -0.2) is 30.5 Å². The van der Waals surface area contributed by atoms with Gasteiger partial charge in [-0.25, -0.2) is 15.0 Å². The van der Waals surface area contributed by atoms with Crippen LogP contribution in [0.25, 0.3) is 0 Å². The Morgan fingerprint density at radius 1 is 1.21 bits per heavy atom. The number of carbonyl (C=O) groups is 1. The van der Waals surface area contributed by atoms with Gasteiger partial charge in [0.2, 0.25) is 5.91 Å². The molecule has 3 aromatic rings. The summed E-state index contributed by atoms with van der Waals surface area (Å²) in [4.78, 5) is 23.8. The van der Waals surface area contributed by atoms with Gasteiger partial charge in [0.15, 0.2) is 0 Å². The fraction of sp³-hybridized carbons (Fsp3) is 0.176. The average molecular weight is 323 g/mol. The van der Waals surface area contributed by atoms with Crippen molar-refractivity contribution in [2.75, 3.05) is 0 Å². The first-order valence-electron chi connectivity index (χ1n) is 7.45. The van der Waals surface area contributed by atoms with Crippen molar-refractivity contribution in [2.45, 2.75) is 19.4 Å². The second-order valence-electron chi connectivity index (χ2n) is 5.50. The lowest BCUT2D eigenvalue weighted by Crippen LogP contribution is -2.18. The molecule has 0 bridgehead atoms. The van der Waals surface area contributed by atoms with Crippen molar-refractivity contribution in [3.8, 4) is 5.75 Å². The maximum Gasteiger partial charge on any atom is 0.223 e. The Morgan fingerprint density at radius 3 is 2.71 bits per heavy atom. The third-order valence-corrected chi connectivity index (χ3v) is 3.62. The molecule has 0 saturated heterocycles. The molecular formula is C17H17N5O2. The minimum atomic E-state index is -0.418. The van der Waals surface area contributed by atoms with Crippen molar-refractivity contribution >= 4 is 5.91 Å². The Kier molecular flexibility index (Phi) is 4.51. The summed E-state index contributed by atoms with van der Waals surface area (Å²) in [6.45, 7) is 0.495. The number of nitrogens with zero attached hydrogens (tertiary/aromatic N) is 4. The van der Waals surface area contributed by atoms with Crippen LogP contribution in [0.1, 0.15) is 22.5 Å². The monoisotopic (exact) mass is 323 g/mol. The van der Waals surface area contributed by atoms with Crippen LogP contribution in [0.15, 0.2) is 49.3 Å². The highest BCUT2D eigenvalue weighted by molar-refractivity contribution is 5.76. The Morgan fingerprint density at radius 2 is 2.00 bits per heavy atom. The number of carbonyl (C=O) groups excluding carboxylic acids is 1. The van der Waals surface area contributed by atoms with Crippen molar-refractivity contribution in [1.82, 2.24) is 19.5 Å². The summed E-state index contributed by atoms with van der Waals surface area (Å²) in [6.07, 6.45) is 7.21. The van der Waals surface area contributed by atoms with Gasteiger partial charge in [0.05, 0.1) is 24.1 Å². The normalized spacial score (nSPS) is 10.7. The highest BCUT2D eigenvalue weighted by Crippen LogP contribution is 2.17. The van der Waals surface area contributed by atoms with Gasteiger partial charge in [0.25, 0.3) is 0 Å². The molecule has 24 heavy (non-hydrogen) atoms. The third-order valence-electron chi connectivity index (χ3n) is 3.62. The summed E-state index contributed by atoms with van der Waals surface area (Å²) in [6, 6.07) is 6.97.